The third-order valence-corrected chi connectivity index (χ3v) is 4.21. The molecule has 2 aromatic heterocycles. The molecule has 0 fully saturated rings. The minimum atomic E-state index is 0.918. The van der Waals surface area contributed by atoms with Crippen LogP contribution in [0.4, 0.5) is 0 Å². The van der Waals surface area contributed by atoms with E-state index in [1.165, 1.54) is 41.5 Å². The Hall–Kier alpha value is -2.22. The van der Waals surface area contributed by atoms with Gasteiger partial charge in [0, 0.05) is 24.0 Å². The number of rotatable bonds is 6. The first-order valence-electron chi connectivity index (χ1n) is 8.06. The lowest BCUT2D eigenvalue weighted by molar-refractivity contribution is 0.414. The number of methoxy groups -OCH3 is 1. The summed E-state index contributed by atoms with van der Waals surface area (Å²) >= 11 is 0. The topological polar surface area (TPSA) is 13.6 Å². The zero-order chi connectivity index (χ0) is 15.4. The Morgan fingerprint density at radius 2 is 1.86 bits per heavy atom. The fourth-order valence-electron chi connectivity index (χ4n) is 3.01. The van der Waals surface area contributed by atoms with Crippen LogP contribution in [0.5, 0.6) is 5.75 Å². The number of fused-ring (bicyclic) bond motifs is 1. The van der Waals surface area contributed by atoms with Crippen molar-refractivity contribution in [2.75, 3.05) is 7.11 Å². The Kier molecular flexibility index (Phi) is 4.47. The highest BCUT2D eigenvalue weighted by Gasteiger charge is 2.12. The molecule has 3 rings (SSSR count). The SMILES string of the molecule is CCCCCc1c(-c2ccccc2)cn2ccc(OC)cc12. The average molecular weight is 293 g/mol. The number of aryl methyl sites for hydroxylation is 1. The van der Waals surface area contributed by atoms with Gasteiger partial charge in [-0.25, -0.2) is 0 Å². The van der Waals surface area contributed by atoms with E-state index in [-0.39, 0.29) is 0 Å². The van der Waals surface area contributed by atoms with Gasteiger partial charge in [-0.2, -0.15) is 0 Å². The maximum absolute atomic E-state index is 5.40. The first-order chi connectivity index (χ1) is 10.8. The zero-order valence-electron chi connectivity index (χ0n) is 13.4. The summed E-state index contributed by atoms with van der Waals surface area (Å²) in [5.74, 6) is 0.918. The summed E-state index contributed by atoms with van der Waals surface area (Å²) in [6, 6.07) is 14.8. The molecule has 0 saturated heterocycles. The summed E-state index contributed by atoms with van der Waals surface area (Å²) in [5.41, 5.74) is 5.31. The lowest BCUT2D eigenvalue weighted by Crippen LogP contribution is -1.90. The second-order valence-electron chi connectivity index (χ2n) is 5.70. The molecule has 3 aromatic rings. The predicted molar refractivity (Wildman–Crippen MR) is 92.6 cm³/mol. The molecule has 1 aromatic carbocycles. The van der Waals surface area contributed by atoms with Gasteiger partial charge in [0.05, 0.1) is 12.6 Å². The third-order valence-electron chi connectivity index (χ3n) is 4.21. The van der Waals surface area contributed by atoms with Crippen LogP contribution in [0.25, 0.3) is 16.6 Å². The number of hydrogen-bond acceptors (Lipinski definition) is 1. The Bertz CT molecular complexity index is 743. The number of aromatic nitrogens is 1. The van der Waals surface area contributed by atoms with Crippen molar-refractivity contribution in [1.82, 2.24) is 4.40 Å². The van der Waals surface area contributed by atoms with Crippen LogP contribution in [0.1, 0.15) is 31.7 Å². The summed E-state index contributed by atoms with van der Waals surface area (Å²) in [7, 11) is 1.73. The molecule has 2 heteroatoms. The van der Waals surface area contributed by atoms with Gasteiger partial charge in [0.25, 0.3) is 0 Å². The van der Waals surface area contributed by atoms with Crippen LogP contribution in [-0.4, -0.2) is 11.5 Å². The molecule has 0 aliphatic heterocycles. The van der Waals surface area contributed by atoms with Crippen molar-refractivity contribution >= 4 is 5.52 Å². The number of unbranched alkanes of at least 4 members (excludes halogenated alkanes) is 2. The largest absolute Gasteiger partial charge is 0.497 e. The van der Waals surface area contributed by atoms with Gasteiger partial charge in [-0.1, -0.05) is 50.1 Å². The number of ether oxygens (including phenoxy) is 1. The fraction of sp³-hybridized carbons (Fsp3) is 0.300. The van der Waals surface area contributed by atoms with Crippen molar-refractivity contribution < 1.29 is 4.74 Å². The van der Waals surface area contributed by atoms with E-state index >= 15 is 0 Å². The molecular weight excluding hydrogens is 270 g/mol. The summed E-state index contributed by atoms with van der Waals surface area (Å²) in [4.78, 5) is 0. The first kappa shape index (κ1) is 14.7. The quantitative estimate of drug-likeness (QED) is 0.559. The monoisotopic (exact) mass is 293 g/mol. The minimum absolute atomic E-state index is 0.918. The zero-order valence-corrected chi connectivity index (χ0v) is 13.4. The van der Waals surface area contributed by atoms with Crippen molar-refractivity contribution in [3.63, 3.8) is 0 Å². The summed E-state index contributed by atoms with van der Waals surface area (Å²) in [6.45, 7) is 2.25. The summed E-state index contributed by atoms with van der Waals surface area (Å²) < 4.78 is 7.62. The maximum Gasteiger partial charge on any atom is 0.122 e. The molecule has 0 N–H and O–H groups in total. The maximum atomic E-state index is 5.40. The molecule has 0 saturated carbocycles. The third kappa shape index (κ3) is 2.87. The van der Waals surface area contributed by atoms with E-state index in [0.29, 0.717) is 0 Å². The Balaban J connectivity index is 2.11. The fourth-order valence-corrected chi connectivity index (χ4v) is 3.01. The van der Waals surface area contributed by atoms with Crippen LogP contribution in [0.3, 0.4) is 0 Å². The molecule has 22 heavy (non-hydrogen) atoms. The first-order valence-corrected chi connectivity index (χ1v) is 8.06. The van der Waals surface area contributed by atoms with Crippen LogP contribution >= 0.6 is 0 Å². The van der Waals surface area contributed by atoms with Gasteiger partial charge in [0.2, 0.25) is 0 Å². The standard InChI is InChI=1S/C20H23NO/c1-3-4-6-11-18-19(16-9-7-5-8-10-16)15-21-13-12-17(22-2)14-20(18)21/h5,7-10,12-15H,3-4,6,11H2,1-2H3. The highest BCUT2D eigenvalue weighted by Crippen LogP contribution is 2.31. The van der Waals surface area contributed by atoms with E-state index in [4.69, 9.17) is 4.74 Å². The summed E-state index contributed by atoms with van der Waals surface area (Å²) in [6.07, 6.45) is 9.19. The van der Waals surface area contributed by atoms with Gasteiger partial charge < -0.3 is 9.14 Å². The number of hydrogen-bond donors (Lipinski definition) is 0. The predicted octanol–water partition coefficient (Wildman–Crippen LogP) is 5.35. The second-order valence-corrected chi connectivity index (χ2v) is 5.70. The highest BCUT2D eigenvalue weighted by atomic mass is 16.5. The number of benzene rings is 1. The van der Waals surface area contributed by atoms with E-state index in [2.05, 4.69) is 60.1 Å². The molecule has 0 aliphatic rings. The van der Waals surface area contributed by atoms with Crippen molar-refractivity contribution in [1.29, 1.82) is 0 Å². The van der Waals surface area contributed by atoms with Crippen LogP contribution in [0.2, 0.25) is 0 Å². The molecule has 0 unspecified atom stereocenters. The van der Waals surface area contributed by atoms with Crippen molar-refractivity contribution in [2.45, 2.75) is 32.6 Å². The van der Waals surface area contributed by atoms with Gasteiger partial charge in [-0.3, -0.25) is 0 Å². The Morgan fingerprint density at radius 3 is 2.59 bits per heavy atom. The number of pyridine rings is 1. The molecule has 0 aliphatic carbocycles. The lowest BCUT2D eigenvalue weighted by atomic mass is 9.99. The molecule has 0 radical (unpaired) electrons. The van der Waals surface area contributed by atoms with Crippen molar-refractivity contribution in [2.24, 2.45) is 0 Å². The molecule has 0 bridgehead atoms. The lowest BCUT2D eigenvalue weighted by Gasteiger charge is -2.06. The molecule has 2 heterocycles. The molecule has 0 amide bonds. The second kappa shape index (κ2) is 6.69. The smallest absolute Gasteiger partial charge is 0.122 e. The molecule has 0 spiro atoms. The van der Waals surface area contributed by atoms with Crippen LogP contribution in [0, 0.1) is 0 Å². The van der Waals surface area contributed by atoms with Gasteiger partial charge >= 0.3 is 0 Å². The van der Waals surface area contributed by atoms with E-state index in [9.17, 15) is 0 Å². The van der Waals surface area contributed by atoms with Crippen molar-refractivity contribution in [3.8, 4) is 16.9 Å². The Labute approximate surface area is 132 Å². The molecular formula is C20H23NO. The van der Waals surface area contributed by atoms with Crippen LogP contribution in [0.15, 0.2) is 54.9 Å². The van der Waals surface area contributed by atoms with Crippen molar-refractivity contribution in [3.05, 3.63) is 60.4 Å². The van der Waals surface area contributed by atoms with Crippen LogP contribution in [-0.2, 0) is 6.42 Å². The van der Waals surface area contributed by atoms with Gasteiger partial charge in [-0.15, -0.1) is 0 Å². The van der Waals surface area contributed by atoms with E-state index in [1.54, 1.807) is 7.11 Å². The van der Waals surface area contributed by atoms with E-state index < -0.39 is 0 Å². The van der Waals surface area contributed by atoms with Gasteiger partial charge in [0.1, 0.15) is 5.75 Å². The van der Waals surface area contributed by atoms with Gasteiger partial charge in [0.15, 0.2) is 0 Å². The number of nitrogens with zero attached hydrogens (tertiary/aromatic N) is 1. The molecule has 2 nitrogen and oxygen atoms in total. The van der Waals surface area contributed by atoms with E-state index in [1.807, 2.05) is 6.07 Å². The molecule has 0 atom stereocenters. The van der Waals surface area contributed by atoms with Gasteiger partial charge in [-0.05, 0) is 30.0 Å². The molecule has 114 valence electrons. The van der Waals surface area contributed by atoms with E-state index in [0.717, 1.165) is 12.2 Å². The average Bonchev–Trinajstić information content (AvgIpc) is 2.94. The normalized spacial score (nSPS) is 11.0. The highest BCUT2D eigenvalue weighted by molar-refractivity contribution is 5.77. The minimum Gasteiger partial charge on any atom is -0.497 e. The van der Waals surface area contributed by atoms with Crippen LogP contribution < -0.4 is 4.74 Å². The Morgan fingerprint density at radius 1 is 1.05 bits per heavy atom. The summed E-state index contributed by atoms with van der Waals surface area (Å²) in [5, 5.41) is 0.